The summed E-state index contributed by atoms with van der Waals surface area (Å²) in [6.07, 6.45) is 1.26. The van der Waals surface area contributed by atoms with Gasteiger partial charge in [-0.1, -0.05) is 18.1 Å². The second kappa shape index (κ2) is 8.49. The first-order chi connectivity index (χ1) is 12.6. The Morgan fingerprint density at radius 3 is 2.81 bits per heavy atom. The number of oxime groups is 1. The van der Waals surface area contributed by atoms with E-state index in [2.05, 4.69) is 27.2 Å². The predicted molar refractivity (Wildman–Crippen MR) is 99.7 cm³/mol. The van der Waals surface area contributed by atoms with Crippen LogP contribution in [0, 0.1) is 12.7 Å². The third-order valence-corrected chi connectivity index (χ3v) is 4.78. The Balaban J connectivity index is 1.59. The summed E-state index contributed by atoms with van der Waals surface area (Å²) < 4.78 is 14.7. The minimum Gasteiger partial charge on any atom is -0.390 e. The number of amides is 1. The predicted octanol–water partition coefficient (Wildman–Crippen LogP) is 1.80. The zero-order valence-corrected chi connectivity index (χ0v) is 15.2. The molecule has 26 heavy (non-hydrogen) atoms. The van der Waals surface area contributed by atoms with Gasteiger partial charge in [-0.05, 0) is 25.1 Å². The average molecular weight is 361 g/mol. The molecule has 0 aromatic heterocycles. The lowest BCUT2D eigenvalue weighted by Crippen LogP contribution is -2.46. The minimum absolute atomic E-state index is 0.104. The van der Waals surface area contributed by atoms with Crippen LogP contribution in [0.15, 0.2) is 23.4 Å². The van der Waals surface area contributed by atoms with Crippen molar-refractivity contribution in [1.29, 1.82) is 0 Å². The van der Waals surface area contributed by atoms with Crippen molar-refractivity contribution in [3.63, 3.8) is 0 Å². The number of benzene rings is 1. The van der Waals surface area contributed by atoms with Crippen LogP contribution in [0.25, 0.3) is 0 Å². The van der Waals surface area contributed by atoms with E-state index in [9.17, 15) is 9.18 Å². The number of rotatable bonds is 6. The summed E-state index contributed by atoms with van der Waals surface area (Å²) in [5.74, 6) is -0.339. The van der Waals surface area contributed by atoms with Crippen molar-refractivity contribution < 1.29 is 14.0 Å². The molecular weight excluding hydrogens is 335 g/mol. The van der Waals surface area contributed by atoms with Crippen molar-refractivity contribution in [3.05, 3.63) is 36.5 Å². The first-order valence-corrected chi connectivity index (χ1v) is 9.10. The normalized spacial score (nSPS) is 20.7. The van der Waals surface area contributed by atoms with E-state index in [1.165, 1.54) is 13.0 Å². The molecule has 1 atom stereocenters. The standard InChI is InChI=1S/C19H26FN4O2/c1-3-6-23-7-9-24(10-8-23)19-5-4-15(11-17(19)20)18-12-16(26-22-18)13-21-14(2)25/h4-5,11,16H,1,3,6-10,12-13H2,2H3,(H,21,25). The highest BCUT2D eigenvalue weighted by Gasteiger charge is 2.24. The Hall–Kier alpha value is -2.15. The van der Waals surface area contributed by atoms with Gasteiger partial charge in [0.15, 0.2) is 0 Å². The average Bonchev–Trinajstić information content (AvgIpc) is 3.10. The van der Waals surface area contributed by atoms with Crippen LogP contribution in [0.2, 0.25) is 0 Å². The highest BCUT2D eigenvalue weighted by molar-refractivity contribution is 6.01. The maximum atomic E-state index is 14.7. The summed E-state index contributed by atoms with van der Waals surface area (Å²) in [4.78, 5) is 20.7. The lowest BCUT2D eigenvalue weighted by Gasteiger charge is -2.36. The van der Waals surface area contributed by atoms with E-state index < -0.39 is 0 Å². The van der Waals surface area contributed by atoms with Crippen LogP contribution in [-0.4, -0.2) is 61.9 Å². The molecule has 1 N–H and O–H groups in total. The SMILES string of the molecule is [CH2]CCN1CCN(c2ccc(C3=NOC(CNC(C)=O)C3)cc2F)CC1. The van der Waals surface area contributed by atoms with Crippen molar-refractivity contribution in [3.8, 4) is 0 Å². The van der Waals surface area contributed by atoms with E-state index in [4.69, 9.17) is 4.84 Å². The molecule has 1 aromatic rings. The summed E-state index contributed by atoms with van der Waals surface area (Å²) >= 11 is 0. The number of carbonyl (C=O) groups excluding carboxylic acids is 1. The number of carbonyl (C=O) groups is 1. The zero-order chi connectivity index (χ0) is 18.5. The van der Waals surface area contributed by atoms with Crippen LogP contribution in [0.1, 0.15) is 25.3 Å². The number of anilines is 1. The van der Waals surface area contributed by atoms with Crippen molar-refractivity contribution in [2.24, 2.45) is 5.16 Å². The number of piperazine rings is 1. The van der Waals surface area contributed by atoms with E-state index in [0.717, 1.165) is 44.7 Å². The van der Waals surface area contributed by atoms with Gasteiger partial charge in [-0.2, -0.15) is 0 Å². The molecule has 1 aromatic carbocycles. The van der Waals surface area contributed by atoms with E-state index in [-0.39, 0.29) is 17.8 Å². The summed E-state index contributed by atoms with van der Waals surface area (Å²) in [5.41, 5.74) is 2.08. The molecular formula is C19H26FN4O2. The molecule has 2 heterocycles. The largest absolute Gasteiger partial charge is 0.390 e. The molecule has 2 aliphatic rings. The van der Waals surface area contributed by atoms with Crippen molar-refractivity contribution in [1.82, 2.24) is 10.2 Å². The minimum atomic E-state index is -0.235. The van der Waals surface area contributed by atoms with E-state index in [1.807, 2.05) is 12.1 Å². The number of nitrogens with zero attached hydrogens (tertiary/aromatic N) is 3. The van der Waals surface area contributed by atoms with Gasteiger partial charge in [0.2, 0.25) is 5.91 Å². The Labute approximate surface area is 154 Å². The van der Waals surface area contributed by atoms with Gasteiger partial charge in [-0.3, -0.25) is 9.69 Å². The van der Waals surface area contributed by atoms with Crippen LogP contribution in [0.3, 0.4) is 0 Å². The van der Waals surface area contributed by atoms with Crippen LogP contribution in [-0.2, 0) is 9.63 Å². The molecule has 1 unspecified atom stereocenters. The van der Waals surface area contributed by atoms with Crippen molar-refractivity contribution >= 4 is 17.3 Å². The van der Waals surface area contributed by atoms with Crippen LogP contribution >= 0.6 is 0 Å². The summed E-state index contributed by atoms with van der Waals surface area (Å²) in [6, 6.07) is 5.25. The highest BCUT2D eigenvalue weighted by Crippen LogP contribution is 2.24. The van der Waals surface area contributed by atoms with E-state index >= 15 is 0 Å². The fourth-order valence-electron chi connectivity index (χ4n) is 3.34. The molecule has 0 spiro atoms. The molecule has 0 bridgehead atoms. The third-order valence-electron chi connectivity index (χ3n) is 4.78. The third kappa shape index (κ3) is 4.52. The molecule has 0 saturated carbocycles. The van der Waals surface area contributed by atoms with Gasteiger partial charge < -0.3 is 15.1 Å². The Bertz CT molecular complexity index is 672. The van der Waals surface area contributed by atoms with Gasteiger partial charge in [0.1, 0.15) is 11.9 Å². The molecule has 0 aliphatic carbocycles. The molecule has 7 heteroatoms. The number of nitrogens with one attached hydrogen (secondary N) is 1. The fraction of sp³-hybridized carbons (Fsp3) is 0.526. The monoisotopic (exact) mass is 361 g/mol. The molecule has 1 fully saturated rings. The summed E-state index contributed by atoms with van der Waals surface area (Å²) in [6.45, 7) is 10.2. The molecule has 1 amide bonds. The Kier molecular flexibility index (Phi) is 6.08. The number of hydrogen-bond acceptors (Lipinski definition) is 5. The number of halogens is 1. The number of hydrogen-bond donors (Lipinski definition) is 1. The first kappa shape index (κ1) is 18.6. The van der Waals surface area contributed by atoms with Crippen LogP contribution in [0.4, 0.5) is 10.1 Å². The molecule has 2 aliphatic heterocycles. The van der Waals surface area contributed by atoms with E-state index in [0.29, 0.717) is 24.4 Å². The van der Waals surface area contributed by atoms with Gasteiger partial charge in [0, 0.05) is 45.1 Å². The maximum Gasteiger partial charge on any atom is 0.217 e. The highest BCUT2D eigenvalue weighted by atomic mass is 19.1. The van der Waals surface area contributed by atoms with Crippen molar-refractivity contribution in [2.75, 3.05) is 44.2 Å². The van der Waals surface area contributed by atoms with Gasteiger partial charge in [-0.15, -0.1) is 0 Å². The van der Waals surface area contributed by atoms with Gasteiger partial charge >= 0.3 is 0 Å². The Morgan fingerprint density at radius 2 is 2.15 bits per heavy atom. The second-order valence-electron chi connectivity index (χ2n) is 6.76. The molecule has 6 nitrogen and oxygen atoms in total. The fourth-order valence-corrected chi connectivity index (χ4v) is 3.34. The summed E-state index contributed by atoms with van der Waals surface area (Å²) in [7, 11) is 0. The molecule has 1 radical (unpaired) electrons. The smallest absolute Gasteiger partial charge is 0.217 e. The maximum absolute atomic E-state index is 14.7. The first-order valence-electron chi connectivity index (χ1n) is 9.10. The van der Waals surface area contributed by atoms with Gasteiger partial charge in [-0.25, -0.2) is 4.39 Å². The summed E-state index contributed by atoms with van der Waals surface area (Å²) in [5, 5.41) is 6.76. The Morgan fingerprint density at radius 1 is 1.38 bits per heavy atom. The molecule has 3 rings (SSSR count). The van der Waals surface area contributed by atoms with E-state index in [1.54, 1.807) is 0 Å². The molecule has 141 valence electrons. The lowest BCUT2D eigenvalue weighted by atomic mass is 10.0. The topological polar surface area (TPSA) is 57.2 Å². The quantitative estimate of drug-likeness (QED) is 0.840. The second-order valence-corrected chi connectivity index (χ2v) is 6.76. The van der Waals surface area contributed by atoms with Crippen LogP contribution in [0.5, 0.6) is 0 Å². The van der Waals surface area contributed by atoms with Crippen molar-refractivity contribution in [2.45, 2.75) is 25.9 Å². The zero-order valence-electron chi connectivity index (χ0n) is 15.2. The van der Waals surface area contributed by atoms with Crippen LogP contribution < -0.4 is 10.2 Å². The van der Waals surface area contributed by atoms with Gasteiger partial charge in [0.05, 0.1) is 17.9 Å². The molecule has 1 saturated heterocycles. The van der Waals surface area contributed by atoms with Gasteiger partial charge in [0.25, 0.3) is 0 Å². The lowest BCUT2D eigenvalue weighted by molar-refractivity contribution is -0.119.